The molecule has 0 amide bonds. The molecule has 0 aliphatic rings. The number of hydrogen-bond donors (Lipinski definition) is 1. The minimum Gasteiger partial charge on any atom is -0.455 e. The molecule has 0 aromatic rings. The van der Waals surface area contributed by atoms with E-state index < -0.39 is 33.4 Å². The van der Waals surface area contributed by atoms with Gasteiger partial charge in [0.25, 0.3) is 0 Å². The molecule has 2 atom stereocenters. The van der Waals surface area contributed by atoms with Gasteiger partial charge in [-0.05, 0) is 19.3 Å². The number of carbonyl (C=O) groups excluding carboxylic acids is 1. The van der Waals surface area contributed by atoms with E-state index in [9.17, 15) is 22.0 Å². The Kier molecular flexibility index (Phi) is 6.34. The van der Waals surface area contributed by atoms with Gasteiger partial charge in [-0.25, -0.2) is 0 Å². The molecule has 0 radical (unpaired) electrons. The van der Waals surface area contributed by atoms with Crippen LogP contribution in [0.25, 0.3) is 0 Å². The molecule has 0 heterocycles. The maximum atomic E-state index is 13.1. The van der Waals surface area contributed by atoms with E-state index in [2.05, 4.69) is 4.74 Å². The van der Waals surface area contributed by atoms with Crippen molar-refractivity contribution in [2.75, 3.05) is 0 Å². The lowest BCUT2D eigenvalue weighted by Gasteiger charge is -2.22. The van der Waals surface area contributed by atoms with E-state index in [0.717, 1.165) is 13.3 Å². The molecule has 5 nitrogen and oxygen atoms in total. The van der Waals surface area contributed by atoms with Crippen molar-refractivity contribution in [3.8, 4) is 0 Å². The molecule has 0 saturated carbocycles. The summed E-state index contributed by atoms with van der Waals surface area (Å²) in [5.41, 5.74) is 0. The lowest BCUT2D eigenvalue weighted by molar-refractivity contribution is -0.164. The molecular weight excluding hydrogens is 282 g/mol. The Morgan fingerprint density at radius 2 is 1.68 bits per heavy atom. The van der Waals surface area contributed by atoms with Gasteiger partial charge in [0, 0.05) is 0 Å². The van der Waals surface area contributed by atoms with Crippen LogP contribution in [-0.4, -0.2) is 30.3 Å². The van der Waals surface area contributed by atoms with Gasteiger partial charge in [0.1, 0.15) is 0 Å². The largest absolute Gasteiger partial charge is 0.455 e. The predicted octanol–water partition coefficient (Wildman–Crippen LogP) is 2.47. The summed E-state index contributed by atoms with van der Waals surface area (Å²) in [5, 5.41) is -4.51. The van der Waals surface area contributed by atoms with E-state index >= 15 is 0 Å². The van der Waals surface area contributed by atoms with Crippen molar-refractivity contribution >= 4 is 16.1 Å². The maximum Gasteiger partial charge on any atom is 0.405 e. The van der Waals surface area contributed by atoms with Crippen LogP contribution < -0.4 is 0 Å². The molecule has 0 aromatic heterocycles. The van der Waals surface area contributed by atoms with Gasteiger partial charge >= 0.3 is 21.3 Å². The number of carbonyl (C=O) groups is 1. The van der Waals surface area contributed by atoms with Gasteiger partial charge in [-0.1, -0.05) is 27.2 Å². The Bertz CT molecular complexity index is 405. The summed E-state index contributed by atoms with van der Waals surface area (Å²) in [6.45, 7) is 6.14. The third kappa shape index (κ3) is 5.40. The maximum absolute atomic E-state index is 13.1. The minimum absolute atomic E-state index is 0.354. The Morgan fingerprint density at radius 1 is 1.21 bits per heavy atom. The lowest BCUT2D eigenvalue weighted by Crippen LogP contribution is -2.42. The van der Waals surface area contributed by atoms with Crippen LogP contribution in [0.5, 0.6) is 0 Å². The highest BCUT2D eigenvalue weighted by atomic mass is 32.2. The number of hydrogen-bond acceptors (Lipinski definition) is 4. The molecule has 2 unspecified atom stereocenters. The molecule has 1 N–H and O–H groups in total. The van der Waals surface area contributed by atoms with Gasteiger partial charge in [-0.2, -0.15) is 17.2 Å². The van der Waals surface area contributed by atoms with Crippen LogP contribution in [0.2, 0.25) is 0 Å². The second-order valence-electron chi connectivity index (χ2n) is 4.99. The molecular formula is C11H20F2O5S. The van der Waals surface area contributed by atoms with Crippen LogP contribution in [0.15, 0.2) is 0 Å². The number of esters is 1. The molecule has 19 heavy (non-hydrogen) atoms. The van der Waals surface area contributed by atoms with Crippen molar-refractivity contribution in [2.45, 2.75) is 51.9 Å². The van der Waals surface area contributed by atoms with E-state index in [-0.39, 0.29) is 0 Å². The van der Waals surface area contributed by atoms with Crippen molar-refractivity contribution in [3.05, 3.63) is 0 Å². The molecule has 114 valence electrons. The zero-order valence-electron chi connectivity index (χ0n) is 11.4. The first-order chi connectivity index (χ1) is 8.39. The van der Waals surface area contributed by atoms with Crippen molar-refractivity contribution in [1.29, 1.82) is 0 Å². The summed E-state index contributed by atoms with van der Waals surface area (Å²) in [4.78, 5) is 11.5. The van der Waals surface area contributed by atoms with Crippen LogP contribution in [0.4, 0.5) is 8.78 Å². The van der Waals surface area contributed by atoms with Crippen molar-refractivity contribution < 1.29 is 31.3 Å². The molecule has 0 aliphatic heterocycles. The summed E-state index contributed by atoms with van der Waals surface area (Å²) < 4.78 is 60.0. The van der Waals surface area contributed by atoms with Crippen molar-refractivity contribution in [3.63, 3.8) is 0 Å². The summed E-state index contributed by atoms with van der Waals surface area (Å²) in [5.74, 6) is -1.16. The fraction of sp³-hybridized carbons (Fsp3) is 0.909. The smallest absolute Gasteiger partial charge is 0.405 e. The first-order valence-electron chi connectivity index (χ1n) is 5.95. The summed E-state index contributed by atoms with van der Waals surface area (Å²) in [7, 11) is -5.61. The SMILES string of the molecule is CC(C)CCC(C)C(=O)OC(C)C(F)(F)S(=O)(=O)O. The highest BCUT2D eigenvalue weighted by Crippen LogP contribution is 2.28. The topological polar surface area (TPSA) is 80.7 Å². The molecule has 0 aromatic carbocycles. The highest BCUT2D eigenvalue weighted by molar-refractivity contribution is 7.86. The molecule has 0 rings (SSSR count). The molecule has 0 aliphatic carbocycles. The van der Waals surface area contributed by atoms with Gasteiger partial charge < -0.3 is 4.74 Å². The fourth-order valence-electron chi connectivity index (χ4n) is 1.27. The van der Waals surface area contributed by atoms with Gasteiger partial charge in [-0.15, -0.1) is 0 Å². The average Bonchev–Trinajstić information content (AvgIpc) is 2.23. The zero-order chi connectivity index (χ0) is 15.4. The Morgan fingerprint density at radius 3 is 2.05 bits per heavy atom. The van der Waals surface area contributed by atoms with Crippen LogP contribution in [0.3, 0.4) is 0 Å². The van der Waals surface area contributed by atoms with E-state index in [4.69, 9.17) is 4.55 Å². The van der Waals surface area contributed by atoms with E-state index in [1.54, 1.807) is 0 Å². The van der Waals surface area contributed by atoms with Gasteiger partial charge in [0.15, 0.2) is 6.10 Å². The van der Waals surface area contributed by atoms with Crippen LogP contribution >= 0.6 is 0 Å². The Balaban J connectivity index is 4.57. The monoisotopic (exact) mass is 302 g/mol. The van der Waals surface area contributed by atoms with Gasteiger partial charge in [0.2, 0.25) is 0 Å². The third-order valence-corrected chi connectivity index (χ3v) is 3.71. The summed E-state index contributed by atoms with van der Waals surface area (Å²) in [6.07, 6.45) is -1.06. The normalized spacial score (nSPS) is 16.2. The molecule has 0 spiro atoms. The van der Waals surface area contributed by atoms with E-state index in [1.807, 2.05) is 13.8 Å². The standard InChI is InChI=1S/C11H20F2O5S/c1-7(2)5-6-8(3)10(14)18-9(4)11(12,13)19(15,16)17/h7-9H,5-6H2,1-4H3,(H,15,16,17). The van der Waals surface area contributed by atoms with Crippen LogP contribution in [0.1, 0.15) is 40.5 Å². The quantitative estimate of drug-likeness (QED) is 0.577. The second-order valence-corrected chi connectivity index (χ2v) is 6.48. The van der Waals surface area contributed by atoms with E-state index in [0.29, 0.717) is 12.3 Å². The lowest BCUT2D eigenvalue weighted by atomic mass is 9.99. The number of halogens is 2. The second kappa shape index (κ2) is 6.60. The predicted molar refractivity (Wildman–Crippen MR) is 65.3 cm³/mol. The Labute approximate surface area is 112 Å². The van der Waals surface area contributed by atoms with Crippen LogP contribution in [0, 0.1) is 11.8 Å². The Hall–Kier alpha value is -0.760. The first kappa shape index (κ1) is 18.2. The molecule has 0 fully saturated rings. The number of alkyl halides is 2. The summed E-state index contributed by atoms with van der Waals surface area (Å²) >= 11 is 0. The number of rotatable bonds is 7. The van der Waals surface area contributed by atoms with Gasteiger partial charge in [0.05, 0.1) is 5.92 Å². The first-order valence-corrected chi connectivity index (χ1v) is 7.39. The molecule has 0 bridgehead atoms. The molecule has 0 saturated heterocycles. The molecule has 8 heteroatoms. The average molecular weight is 302 g/mol. The zero-order valence-corrected chi connectivity index (χ0v) is 12.2. The fourth-order valence-corrected chi connectivity index (χ4v) is 1.74. The van der Waals surface area contributed by atoms with E-state index in [1.165, 1.54) is 6.92 Å². The minimum atomic E-state index is -5.61. The van der Waals surface area contributed by atoms with Gasteiger partial charge in [-0.3, -0.25) is 9.35 Å². The summed E-state index contributed by atoms with van der Waals surface area (Å²) in [6, 6.07) is 0. The highest BCUT2D eigenvalue weighted by Gasteiger charge is 2.52. The third-order valence-electron chi connectivity index (χ3n) is 2.69. The van der Waals surface area contributed by atoms with Crippen molar-refractivity contribution in [2.24, 2.45) is 11.8 Å². The van der Waals surface area contributed by atoms with Crippen molar-refractivity contribution in [1.82, 2.24) is 0 Å². The van der Waals surface area contributed by atoms with Crippen LogP contribution in [-0.2, 0) is 19.6 Å². The number of ether oxygens (including phenoxy) is 1.